The Balaban J connectivity index is 1.94. The van der Waals surface area contributed by atoms with Crippen LogP contribution < -0.4 is 0 Å². The summed E-state index contributed by atoms with van der Waals surface area (Å²) in [6, 6.07) is 0. The van der Waals surface area contributed by atoms with Crippen molar-refractivity contribution >= 4 is 81.4 Å². The minimum atomic E-state index is -1.46. The molecule has 3 aliphatic rings. The Morgan fingerprint density at radius 1 is 1.15 bits per heavy atom. The Morgan fingerprint density at radius 2 is 1.85 bits per heavy atom. The topological polar surface area (TPSA) is 9.23 Å². The number of alkyl halides is 6. The molecule has 2 aliphatic carbocycles. The van der Waals surface area contributed by atoms with E-state index in [1.54, 1.807) is 12.3 Å². The molecule has 1 fully saturated rings. The SMILES string of the molecule is ClC1C(Cl)C2(Cl)C(SC3CCC=CO3)=CC1(Cl)C2(Cl)Cl. The Labute approximate surface area is 151 Å². The summed E-state index contributed by atoms with van der Waals surface area (Å²) in [6.07, 6.45) is 7.21. The number of hydrogen-bond donors (Lipinski definition) is 0. The molecule has 0 aromatic carbocycles. The van der Waals surface area contributed by atoms with Gasteiger partial charge < -0.3 is 4.74 Å². The van der Waals surface area contributed by atoms with Gasteiger partial charge in [0.05, 0.1) is 17.0 Å². The van der Waals surface area contributed by atoms with Gasteiger partial charge in [0.1, 0.15) is 15.2 Å². The van der Waals surface area contributed by atoms with Crippen LogP contribution in [0, 0.1) is 0 Å². The largest absolute Gasteiger partial charge is 0.487 e. The van der Waals surface area contributed by atoms with Crippen LogP contribution in [0.15, 0.2) is 23.3 Å². The molecule has 112 valence electrons. The van der Waals surface area contributed by atoms with Crippen molar-refractivity contribution in [3.63, 3.8) is 0 Å². The Morgan fingerprint density at radius 3 is 2.35 bits per heavy atom. The second-order valence-corrected chi connectivity index (χ2v) is 9.69. The maximum atomic E-state index is 6.68. The predicted octanol–water partition coefficient (Wildman–Crippen LogP) is 5.62. The Bertz CT molecular complexity index is 494. The summed E-state index contributed by atoms with van der Waals surface area (Å²) >= 11 is 40.1. The van der Waals surface area contributed by atoms with Crippen LogP contribution in [0.5, 0.6) is 0 Å². The second-order valence-electron chi connectivity index (χ2n) is 5.00. The van der Waals surface area contributed by atoms with E-state index in [4.69, 9.17) is 74.3 Å². The van der Waals surface area contributed by atoms with Crippen LogP contribution >= 0.6 is 81.4 Å². The first kappa shape index (κ1) is 16.2. The van der Waals surface area contributed by atoms with Gasteiger partial charge in [-0.2, -0.15) is 0 Å². The van der Waals surface area contributed by atoms with Crippen LogP contribution in [0.1, 0.15) is 12.8 Å². The summed E-state index contributed by atoms with van der Waals surface area (Å²) in [5.41, 5.74) is -0.0525. The summed E-state index contributed by atoms with van der Waals surface area (Å²) in [6.45, 7) is 0. The molecule has 0 aromatic rings. The van der Waals surface area contributed by atoms with Gasteiger partial charge >= 0.3 is 0 Å². The van der Waals surface area contributed by atoms with E-state index >= 15 is 0 Å². The summed E-state index contributed by atoms with van der Waals surface area (Å²) in [7, 11) is 0. The number of fused-ring (bicyclic) bond motifs is 2. The van der Waals surface area contributed by atoms with E-state index in [0.717, 1.165) is 17.7 Å². The average Bonchev–Trinajstić information content (AvgIpc) is 2.62. The quantitative estimate of drug-likeness (QED) is 0.542. The zero-order valence-electron chi connectivity index (χ0n) is 9.96. The van der Waals surface area contributed by atoms with Crippen molar-refractivity contribution in [2.24, 2.45) is 0 Å². The van der Waals surface area contributed by atoms with Crippen LogP contribution in [0.3, 0.4) is 0 Å². The van der Waals surface area contributed by atoms with Crippen molar-refractivity contribution in [3.8, 4) is 0 Å². The lowest BCUT2D eigenvalue weighted by atomic mass is 10.1. The minimum Gasteiger partial charge on any atom is -0.487 e. The van der Waals surface area contributed by atoms with Crippen LogP contribution in [-0.2, 0) is 4.74 Å². The van der Waals surface area contributed by atoms with Crippen molar-refractivity contribution in [1.29, 1.82) is 0 Å². The lowest BCUT2D eigenvalue weighted by Gasteiger charge is -2.34. The summed E-state index contributed by atoms with van der Waals surface area (Å²) in [5, 5.41) is -1.31. The van der Waals surface area contributed by atoms with Gasteiger partial charge in [0.25, 0.3) is 0 Å². The first-order chi connectivity index (χ1) is 9.25. The fourth-order valence-electron chi connectivity index (χ4n) is 2.66. The molecule has 20 heavy (non-hydrogen) atoms. The van der Waals surface area contributed by atoms with Crippen molar-refractivity contribution in [2.45, 2.75) is 43.1 Å². The van der Waals surface area contributed by atoms with Crippen molar-refractivity contribution in [3.05, 3.63) is 23.3 Å². The van der Waals surface area contributed by atoms with Crippen molar-refractivity contribution in [2.75, 3.05) is 0 Å². The molecular weight excluding hydrogens is 405 g/mol. The zero-order valence-corrected chi connectivity index (χ0v) is 15.3. The Hall–Kier alpha value is 1.37. The van der Waals surface area contributed by atoms with E-state index in [9.17, 15) is 0 Å². The van der Waals surface area contributed by atoms with Gasteiger partial charge in [-0.1, -0.05) is 35.0 Å². The number of hydrogen-bond acceptors (Lipinski definition) is 2. The third kappa shape index (κ3) is 1.92. The lowest BCUT2D eigenvalue weighted by Crippen LogP contribution is -2.45. The van der Waals surface area contributed by atoms with Crippen LogP contribution in [0.25, 0.3) is 0 Å². The highest BCUT2D eigenvalue weighted by atomic mass is 35.5. The molecule has 0 saturated heterocycles. The smallest absolute Gasteiger partial charge is 0.167 e. The van der Waals surface area contributed by atoms with E-state index < -0.39 is 24.8 Å². The molecule has 5 atom stereocenters. The molecule has 0 radical (unpaired) electrons. The average molecular weight is 415 g/mol. The van der Waals surface area contributed by atoms with Gasteiger partial charge in [0.2, 0.25) is 0 Å². The van der Waals surface area contributed by atoms with E-state index in [0.29, 0.717) is 0 Å². The number of ether oxygens (including phenoxy) is 1. The molecule has 0 aromatic heterocycles. The standard InChI is InChI=1S/C12H10Cl6OS/c13-8-9(14)11(16)6(5-10(8,15)12(11,17)18)20-7-3-1-2-4-19-7/h2,4-5,7-9H,1,3H2. The van der Waals surface area contributed by atoms with Crippen molar-refractivity contribution < 1.29 is 4.74 Å². The van der Waals surface area contributed by atoms with E-state index in [-0.39, 0.29) is 5.44 Å². The number of thioether (sulfide) groups is 1. The third-order valence-corrected chi connectivity index (χ3v) is 9.73. The number of allylic oxidation sites excluding steroid dienone is 3. The second kappa shape index (κ2) is 5.19. The molecule has 8 heteroatoms. The van der Waals surface area contributed by atoms with E-state index in [1.165, 1.54) is 11.8 Å². The fourth-order valence-corrected chi connectivity index (χ4v) is 7.19. The van der Waals surface area contributed by atoms with Crippen LogP contribution in [0.2, 0.25) is 0 Å². The van der Waals surface area contributed by atoms with Crippen LogP contribution in [0.4, 0.5) is 0 Å². The fraction of sp³-hybridized carbons (Fsp3) is 0.667. The monoisotopic (exact) mass is 412 g/mol. The highest BCUT2D eigenvalue weighted by molar-refractivity contribution is 8.03. The predicted molar refractivity (Wildman–Crippen MR) is 89.8 cm³/mol. The molecule has 0 spiro atoms. The molecule has 5 unspecified atom stereocenters. The molecule has 1 aliphatic heterocycles. The summed E-state index contributed by atoms with van der Waals surface area (Å²) in [4.78, 5) is -1.66. The highest BCUT2D eigenvalue weighted by Gasteiger charge is 2.79. The number of rotatable bonds is 2. The van der Waals surface area contributed by atoms with Crippen LogP contribution in [-0.4, -0.2) is 30.3 Å². The van der Waals surface area contributed by atoms with E-state index in [1.807, 2.05) is 6.08 Å². The van der Waals surface area contributed by atoms with Gasteiger partial charge in [-0.05, 0) is 25.0 Å². The van der Waals surface area contributed by atoms with Gasteiger partial charge in [0, 0.05) is 4.91 Å². The molecule has 1 heterocycles. The first-order valence-corrected chi connectivity index (χ1v) is 9.26. The molecule has 0 amide bonds. The van der Waals surface area contributed by atoms with Gasteiger partial charge in [-0.3, -0.25) is 0 Å². The van der Waals surface area contributed by atoms with Gasteiger partial charge in [0.15, 0.2) is 4.33 Å². The molecular formula is C12H10Cl6OS. The maximum Gasteiger partial charge on any atom is 0.167 e. The zero-order chi connectivity index (χ0) is 14.8. The van der Waals surface area contributed by atoms with Crippen molar-refractivity contribution in [1.82, 2.24) is 0 Å². The third-order valence-electron chi connectivity index (χ3n) is 3.83. The molecule has 1 saturated carbocycles. The highest BCUT2D eigenvalue weighted by Crippen LogP contribution is 2.72. The first-order valence-electron chi connectivity index (χ1n) is 5.99. The minimum absolute atomic E-state index is 0.0525. The molecule has 1 nitrogen and oxygen atoms in total. The lowest BCUT2D eigenvalue weighted by molar-refractivity contribution is 0.200. The summed E-state index contributed by atoms with van der Waals surface area (Å²) < 4.78 is 4.07. The van der Waals surface area contributed by atoms with Gasteiger partial charge in [-0.15, -0.1) is 46.4 Å². The summed E-state index contributed by atoms with van der Waals surface area (Å²) in [5.74, 6) is 0. The normalized spacial score (nSPS) is 49.1. The molecule has 2 bridgehead atoms. The molecule has 0 N–H and O–H groups in total. The number of halogens is 6. The molecule has 3 rings (SSSR count). The van der Waals surface area contributed by atoms with Gasteiger partial charge in [-0.25, -0.2) is 0 Å². The maximum absolute atomic E-state index is 6.68. The van der Waals surface area contributed by atoms with E-state index in [2.05, 4.69) is 0 Å². The Kier molecular flexibility index (Phi) is 4.21.